The molecule has 0 N–H and O–H groups in total. The number of hydrogen-bond donors (Lipinski definition) is 0. The predicted octanol–water partition coefficient (Wildman–Crippen LogP) is 4.34. The van der Waals surface area contributed by atoms with Gasteiger partial charge < -0.3 is 4.43 Å². The number of benzene rings is 2. The van der Waals surface area contributed by atoms with Gasteiger partial charge >= 0.3 is 0 Å². The maximum Gasteiger partial charge on any atom is 0.261 e. The van der Waals surface area contributed by atoms with Crippen molar-refractivity contribution in [3.05, 3.63) is 60.7 Å². The van der Waals surface area contributed by atoms with Crippen LogP contribution in [0.5, 0.6) is 0 Å². The lowest BCUT2D eigenvalue weighted by Crippen LogP contribution is -2.67. The minimum atomic E-state index is -2.57. The third-order valence-electron chi connectivity index (χ3n) is 4.06. The molecule has 0 fully saturated rings. The van der Waals surface area contributed by atoms with Crippen LogP contribution in [0.2, 0.25) is 5.04 Å². The lowest BCUT2D eigenvalue weighted by Gasteiger charge is -2.43. The molecule has 0 aliphatic rings. The monoisotopic (exact) mass is 442 g/mol. The molecule has 0 saturated carbocycles. The van der Waals surface area contributed by atoms with Crippen LogP contribution in [0.25, 0.3) is 0 Å². The molecule has 1 unspecified atom stereocenters. The molecular weight excluding hydrogens is 418 g/mol. The van der Waals surface area contributed by atoms with Crippen LogP contribution < -0.4 is 10.4 Å². The smallest absolute Gasteiger partial charge is 0.261 e. The molecule has 4 heteroatoms. The number of rotatable bonds is 6. The van der Waals surface area contributed by atoms with Gasteiger partial charge in [0.05, 0.1) is 6.61 Å². The molecule has 1 atom stereocenters. The largest absolute Gasteiger partial charge is 0.404 e. The molecule has 0 heterocycles. The first-order valence-corrected chi connectivity index (χ1v) is 11.3. The highest BCUT2D eigenvalue weighted by molar-refractivity contribution is 14.1. The maximum atomic E-state index is 14.0. The van der Waals surface area contributed by atoms with Gasteiger partial charge in [0.15, 0.2) is 0 Å². The zero-order chi connectivity index (χ0) is 16.9. The van der Waals surface area contributed by atoms with E-state index in [9.17, 15) is 4.39 Å². The van der Waals surface area contributed by atoms with Crippen LogP contribution in [0.15, 0.2) is 60.7 Å². The van der Waals surface area contributed by atoms with Crippen molar-refractivity contribution in [3.8, 4) is 0 Å². The van der Waals surface area contributed by atoms with Crippen LogP contribution in [0.4, 0.5) is 4.39 Å². The maximum absolute atomic E-state index is 14.0. The fourth-order valence-corrected chi connectivity index (χ4v) is 7.86. The molecule has 1 nitrogen and oxygen atoms in total. The molecule has 0 aromatic heterocycles. The summed E-state index contributed by atoms with van der Waals surface area (Å²) in [5, 5.41) is 2.29. The van der Waals surface area contributed by atoms with Crippen molar-refractivity contribution in [3.63, 3.8) is 0 Å². The lowest BCUT2D eigenvalue weighted by atomic mass is 10.2. The Kier molecular flexibility index (Phi) is 6.39. The van der Waals surface area contributed by atoms with Crippen molar-refractivity contribution in [1.29, 1.82) is 0 Å². The quantitative estimate of drug-likeness (QED) is 0.368. The first-order chi connectivity index (χ1) is 10.9. The Balaban J connectivity index is 2.60. The Morgan fingerprint density at radius 3 is 1.74 bits per heavy atom. The van der Waals surface area contributed by atoms with Gasteiger partial charge in [-0.3, -0.25) is 0 Å². The summed E-state index contributed by atoms with van der Waals surface area (Å²) in [6.07, 6.45) is -0.933. The molecule has 0 spiro atoms. The summed E-state index contributed by atoms with van der Waals surface area (Å²) in [5.41, 5.74) is 0. The molecule has 2 rings (SSSR count). The van der Waals surface area contributed by atoms with E-state index in [1.54, 1.807) is 0 Å². The fourth-order valence-electron chi connectivity index (χ4n) is 3.02. The number of hydrogen-bond acceptors (Lipinski definition) is 1. The summed E-state index contributed by atoms with van der Waals surface area (Å²) in [7, 11) is -2.57. The fraction of sp³-hybridized carbons (Fsp3) is 0.368. The summed E-state index contributed by atoms with van der Waals surface area (Å²) in [6, 6.07) is 20.7. The normalized spacial score (nSPS) is 13.8. The Morgan fingerprint density at radius 1 is 0.957 bits per heavy atom. The van der Waals surface area contributed by atoms with Gasteiger partial charge in [0, 0.05) is 4.43 Å². The van der Waals surface area contributed by atoms with Crippen LogP contribution in [0.3, 0.4) is 0 Å². The summed E-state index contributed by atoms with van der Waals surface area (Å²) < 4.78 is 20.9. The van der Waals surface area contributed by atoms with Crippen molar-refractivity contribution in [1.82, 2.24) is 0 Å². The Morgan fingerprint density at radius 2 is 1.39 bits per heavy atom. The second kappa shape index (κ2) is 7.90. The standard InChI is InChI=1S/C19H24FIOSi/c1-19(2,3)23(22-15-16(20)14-21,17-10-6-4-7-11-17)18-12-8-5-9-13-18/h4-13,16H,14-15H2,1-3H3. The van der Waals surface area contributed by atoms with E-state index in [1.165, 1.54) is 10.4 Å². The number of halogens is 2. The molecule has 2 aromatic carbocycles. The zero-order valence-corrected chi connectivity index (χ0v) is 17.1. The lowest BCUT2D eigenvalue weighted by molar-refractivity contribution is 0.204. The van der Waals surface area contributed by atoms with Gasteiger partial charge in [0.2, 0.25) is 0 Å². The second-order valence-corrected chi connectivity index (χ2v) is 11.9. The van der Waals surface area contributed by atoms with Crippen molar-refractivity contribution in [2.45, 2.75) is 32.0 Å². The topological polar surface area (TPSA) is 9.23 Å². The summed E-state index contributed by atoms with van der Waals surface area (Å²) >= 11 is 2.08. The van der Waals surface area contributed by atoms with E-state index in [0.29, 0.717) is 4.43 Å². The molecule has 0 bridgehead atoms. The molecule has 0 saturated heterocycles. The van der Waals surface area contributed by atoms with Crippen molar-refractivity contribution in [2.24, 2.45) is 0 Å². The summed E-state index contributed by atoms with van der Waals surface area (Å²) in [4.78, 5) is 0. The highest BCUT2D eigenvalue weighted by Gasteiger charge is 2.50. The van der Waals surface area contributed by atoms with Gasteiger partial charge in [0.1, 0.15) is 6.17 Å². The van der Waals surface area contributed by atoms with Crippen LogP contribution in [0.1, 0.15) is 20.8 Å². The summed E-state index contributed by atoms with van der Waals surface area (Å²) in [5.74, 6) is 0. The number of alkyl halides is 2. The highest BCUT2D eigenvalue weighted by atomic mass is 127. The van der Waals surface area contributed by atoms with Crippen LogP contribution >= 0.6 is 22.6 Å². The first kappa shape index (κ1) is 18.6. The van der Waals surface area contributed by atoms with E-state index in [-0.39, 0.29) is 11.6 Å². The van der Waals surface area contributed by atoms with E-state index >= 15 is 0 Å². The average molecular weight is 442 g/mol. The van der Waals surface area contributed by atoms with Gasteiger partial charge in [0.25, 0.3) is 8.32 Å². The van der Waals surface area contributed by atoms with Crippen molar-refractivity contribution >= 4 is 41.3 Å². The van der Waals surface area contributed by atoms with Crippen molar-refractivity contribution < 1.29 is 8.82 Å². The van der Waals surface area contributed by atoms with E-state index in [2.05, 4.69) is 67.6 Å². The SMILES string of the molecule is CC(C)(C)[Si](OCC(F)CI)(c1ccccc1)c1ccccc1. The second-order valence-electron chi connectivity index (χ2n) is 6.73. The molecule has 0 aliphatic heterocycles. The molecule has 124 valence electrons. The predicted molar refractivity (Wildman–Crippen MR) is 107 cm³/mol. The van der Waals surface area contributed by atoms with Crippen LogP contribution in [0, 0.1) is 0 Å². The Hall–Kier alpha value is -0.723. The van der Waals surface area contributed by atoms with Crippen LogP contribution in [-0.2, 0) is 4.43 Å². The third-order valence-corrected chi connectivity index (χ3v) is 10.0. The third kappa shape index (κ3) is 4.03. The minimum absolute atomic E-state index is 0.0965. The van der Waals surface area contributed by atoms with E-state index in [4.69, 9.17) is 4.43 Å². The van der Waals surface area contributed by atoms with Crippen LogP contribution in [-0.4, -0.2) is 25.5 Å². The van der Waals surface area contributed by atoms with Crippen molar-refractivity contribution in [2.75, 3.05) is 11.0 Å². The van der Waals surface area contributed by atoms with Gasteiger partial charge in [-0.15, -0.1) is 0 Å². The molecule has 23 heavy (non-hydrogen) atoms. The molecule has 0 amide bonds. The minimum Gasteiger partial charge on any atom is -0.404 e. The molecular formula is C19H24FIOSi. The van der Waals surface area contributed by atoms with E-state index < -0.39 is 14.5 Å². The van der Waals surface area contributed by atoms with E-state index in [0.717, 1.165) is 0 Å². The highest BCUT2D eigenvalue weighted by Crippen LogP contribution is 2.36. The average Bonchev–Trinajstić information content (AvgIpc) is 2.56. The Labute approximate surface area is 153 Å². The molecule has 2 aromatic rings. The van der Waals surface area contributed by atoms with Gasteiger partial charge in [-0.25, -0.2) is 4.39 Å². The van der Waals surface area contributed by atoms with Gasteiger partial charge in [-0.1, -0.05) is 104 Å². The van der Waals surface area contributed by atoms with Gasteiger partial charge in [-0.2, -0.15) is 0 Å². The summed E-state index contributed by atoms with van der Waals surface area (Å²) in [6.45, 7) is 6.76. The van der Waals surface area contributed by atoms with Gasteiger partial charge in [-0.05, 0) is 15.4 Å². The first-order valence-electron chi connectivity index (χ1n) is 7.87. The zero-order valence-electron chi connectivity index (χ0n) is 13.9. The van der Waals surface area contributed by atoms with E-state index in [1.807, 2.05) is 36.4 Å². The molecule has 0 aliphatic carbocycles. The Bertz CT molecular complexity index is 558. The molecule has 0 radical (unpaired) electrons.